The molecular formula is C12H16N2O. The minimum atomic E-state index is -0.323. The van der Waals surface area contributed by atoms with Crippen LogP contribution in [0.1, 0.15) is 23.1 Å². The van der Waals surface area contributed by atoms with Crippen molar-refractivity contribution in [1.82, 2.24) is 0 Å². The minimum Gasteiger partial charge on any atom is -0.399 e. The van der Waals surface area contributed by atoms with Crippen molar-refractivity contribution >= 4 is 17.7 Å². The third-order valence-corrected chi connectivity index (χ3v) is 2.49. The molecule has 3 heteroatoms. The number of hydrogen-bond donors (Lipinski definition) is 2. The molecule has 0 fully saturated rings. The molecule has 0 aliphatic carbocycles. The molecule has 1 amide bonds. The van der Waals surface area contributed by atoms with Gasteiger partial charge in [0.2, 0.25) is 5.91 Å². The van der Waals surface area contributed by atoms with Crippen molar-refractivity contribution in [2.75, 3.05) is 5.73 Å². The first-order valence-electron chi connectivity index (χ1n) is 4.83. The lowest BCUT2D eigenvalue weighted by Gasteiger charge is -2.07. The highest BCUT2D eigenvalue weighted by atomic mass is 16.1. The standard InChI is InChI=1S/C12H16N2O/c1-8-9(2)11(13)7-6-10(8)4-3-5-12(14)15/h3-4,6-7H,5,13H2,1-2H3,(H2,14,15). The highest BCUT2D eigenvalue weighted by molar-refractivity contribution is 5.76. The summed E-state index contributed by atoms with van der Waals surface area (Å²) in [6, 6.07) is 3.81. The summed E-state index contributed by atoms with van der Waals surface area (Å²) < 4.78 is 0. The number of nitrogens with two attached hydrogens (primary N) is 2. The molecule has 4 N–H and O–H groups in total. The molecule has 1 aromatic rings. The normalized spacial score (nSPS) is 10.8. The summed E-state index contributed by atoms with van der Waals surface area (Å²) in [5, 5.41) is 0. The first-order chi connectivity index (χ1) is 7.02. The monoisotopic (exact) mass is 204 g/mol. The Labute approximate surface area is 89.8 Å². The second kappa shape index (κ2) is 4.64. The van der Waals surface area contributed by atoms with E-state index in [9.17, 15) is 4.79 Å². The van der Waals surface area contributed by atoms with Crippen LogP contribution in [-0.2, 0) is 4.79 Å². The van der Waals surface area contributed by atoms with Crippen LogP contribution >= 0.6 is 0 Å². The molecule has 0 unspecified atom stereocenters. The predicted octanol–water partition coefficient (Wildman–Crippen LogP) is 1.77. The van der Waals surface area contributed by atoms with Gasteiger partial charge in [0.15, 0.2) is 0 Å². The van der Waals surface area contributed by atoms with E-state index in [0.29, 0.717) is 0 Å². The van der Waals surface area contributed by atoms with Gasteiger partial charge in [0, 0.05) is 12.1 Å². The zero-order chi connectivity index (χ0) is 11.4. The topological polar surface area (TPSA) is 69.1 Å². The van der Waals surface area contributed by atoms with Crippen LogP contribution in [0.4, 0.5) is 5.69 Å². The summed E-state index contributed by atoms with van der Waals surface area (Å²) in [6.07, 6.45) is 3.93. The SMILES string of the molecule is Cc1c(N)ccc(C=CCC(N)=O)c1C. The van der Waals surface area contributed by atoms with Crippen LogP contribution in [0.3, 0.4) is 0 Å². The molecule has 0 saturated carbocycles. The van der Waals surface area contributed by atoms with Gasteiger partial charge in [-0.2, -0.15) is 0 Å². The van der Waals surface area contributed by atoms with E-state index >= 15 is 0 Å². The quantitative estimate of drug-likeness (QED) is 0.737. The molecule has 0 atom stereocenters. The van der Waals surface area contributed by atoms with E-state index in [2.05, 4.69) is 0 Å². The number of nitrogen functional groups attached to an aromatic ring is 1. The summed E-state index contributed by atoms with van der Waals surface area (Å²) in [6.45, 7) is 3.99. The first-order valence-corrected chi connectivity index (χ1v) is 4.83. The summed E-state index contributed by atoms with van der Waals surface area (Å²) in [5.41, 5.74) is 14.9. The molecule has 0 spiro atoms. The maximum atomic E-state index is 10.5. The fourth-order valence-electron chi connectivity index (χ4n) is 1.35. The zero-order valence-electron chi connectivity index (χ0n) is 9.08. The Morgan fingerprint density at radius 2 is 2.00 bits per heavy atom. The predicted molar refractivity (Wildman–Crippen MR) is 63.2 cm³/mol. The molecule has 0 aliphatic heterocycles. The molecule has 0 heterocycles. The third-order valence-electron chi connectivity index (χ3n) is 2.49. The summed E-state index contributed by atoms with van der Waals surface area (Å²) >= 11 is 0. The van der Waals surface area contributed by atoms with E-state index in [1.54, 1.807) is 6.08 Å². The number of rotatable bonds is 3. The molecule has 0 bridgehead atoms. The molecular weight excluding hydrogens is 188 g/mol. The van der Waals surface area contributed by atoms with Crippen molar-refractivity contribution in [3.63, 3.8) is 0 Å². The Hall–Kier alpha value is -1.77. The summed E-state index contributed by atoms with van der Waals surface area (Å²) in [5.74, 6) is -0.323. The molecule has 1 rings (SSSR count). The van der Waals surface area contributed by atoms with E-state index in [0.717, 1.165) is 22.4 Å². The van der Waals surface area contributed by atoms with Crippen molar-refractivity contribution in [2.45, 2.75) is 20.3 Å². The molecule has 15 heavy (non-hydrogen) atoms. The van der Waals surface area contributed by atoms with Crippen molar-refractivity contribution in [2.24, 2.45) is 5.73 Å². The van der Waals surface area contributed by atoms with Gasteiger partial charge in [-0.25, -0.2) is 0 Å². The van der Waals surface area contributed by atoms with Crippen LogP contribution in [0.25, 0.3) is 6.08 Å². The molecule has 0 saturated heterocycles. The number of amides is 1. The maximum absolute atomic E-state index is 10.5. The van der Waals surface area contributed by atoms with Gasteiger partial charge in [0.25, 0.3) is 0 Å². The van der Waals surface area contributed by atoms with E-state index in [1.807, 2.05) is 32.1 Å². The number of carbonyl (C=O) groups is 1. The first kappa shape index (κ1) is 11.3. The molecule has 0 radical (unpaired) electrons. The van der Waals surface area contributed by atoms with Gasteiger partial charge < -0.3 is 11.5 Å². The summed E-state index contributed by atoms with van der Waals surface area (Å²) in [4.78, 5) is 10.5. The largest absolute Gasteiger partial charge is 0.399 e. The van der Waals surface area contributed by atoms with Crippen LogP contribution in [0.15, 0.2) is 18.2 Å². The molecule has 3 nitrogen and oxygen atoms in total. The van der Waals surface area contributed by atoms with Crippen LogP contribution in [-0.4, -0.2) is 5.91 Å². The number of carbonyl (C=O) groups excluding carboxylic acids is 1. The number of anilines is 1. The molecule has 1 aromatic carbocycles. The average molecular weight is 204 g/mol. The van der Waals surface area contributed by atoms with E-state index in [4.69, 9.17) is 11.5 Å². The molecule has 80 valence electrons. The average Bonchev–Trinajstić information content (AvgIpc) is 2.18. The van der Waals surface area contributed by atoms with Crippen LogP contribution in [0, 0.1) is 13.8 Å². The van der Waals surface area contributed by atoms with Gasteiger partial charge in [-0.05, 0) is 36.6 Å². The van der Waals surface area contributed by atoms with Crippen molar-refractivity contribution < 1.29 is 4.79 Å². The van der Waals surface area contributed by atoms with Gasteiger partial charge in [-0.3, -0.25) is 4.79 Å². The van der Waals surface area contributed by atoms with Gasteiger partial charge in [-0.1, -0.05) is 18.2 Å². The fourth-order valence-corrected chi connectivity index (χ4v) is 1.35. The van der Waals surface area contributed by atoms with Gasteiger partial charge >= 0.3 is 0 Å². The minimum absolute atomic E-state index is 0.267. The van der Waals surface area contributed by atoms with Crippen LogP contribution < -0.4 is 11.5 Å². The van der Waals surface area contributed by atoms with E-state index in [-0.39, 0.29) is 12.3 Å². The maximum Gasteiger partial charge on any atom is 0.221 e. The Balaban J connectivity index is 2.92. The zero-order valence-corrected chi connectivity index (χ0v) is 9.08. The van der Waals surface area contributed by atoms with Crippen LogP contribution in [0.5, 0.6) is 0 Å². The molecule has 0 aromatic heterocycles. The number of primary amides is 1. The smallest absolute Gasteiger partial charge is 0.221 e. The van der Waals surface area contributed by atoms with E-state index in [1.165, 1.54) is 0 Å². The van der Waals surface area contributed by atoms with Gasteiger partial charge in [0.1, 0.15) is 0 Å². The Bertz CT molecular complexity index is 408. The summed E-state index contributed by atoms with van der Waals surface area (Å²) in [7, 11) is 0. The van der Waals surface area contributed by atoms with Gasteiger partial charge in [-0.15, -0.1) is 0 Å². The van der Waals surface area contributed by atoms with E-state index < -0.39 is 0 Å². The lowest BCUT2D eigenvalue weighted by atomic mass is 10.0. The Kier molecular flexibility index (Phi) is 3.50. The Morgan fingerprint density at radius 1 is 1.33 bits per heavy atom. The third kappa shape index (κ3) is 2.84. The molecule has 0 aliphatic rings. The van der Waals surface area contributed by atoms with Gasteiger partial charge in [0.05, 0.1) is 0 Å². The van der Waals surface area contributed by atoms with Crippen molar-refractivity contribution in [3.8, 4) is 0 Å². The number of benzene rings is 1. The number of hydrogen-bond acceptors (Lipinski definition) is 2. The fraction of sp³-hybridized carbons (Fsp3) is 0.250. The lowest BCUT2D eigenvalue weighted by Crippen LogP contribution is -2.07. The van der Waals surface area contributed by atoms with Crippen molar-refractivity contribution in [3.05, 3.63) is 34.9 Å². The second-order valence-corrected chi connectivity index (χ2v) is 3.57. The highest BCUT2D eigenvalue weighted by Crippen LogP contribution is 2.20. The highest BCUT2D eigenvalue weighted by Gasteiger charge is 2.01. The lowest BCUT2D eigenvalue weighted by molar-refractivity contribution is -0.117. The second-order valence-electron chi connectivity index (χ2n) is 3.57. The van der Waals surface area contributed by atoms with Crippen LogP contribution in [0.2, 0.25) is 0 Å². The Morgan fingerprint density at radius 3 is 2.60 bits per heavy atom. The van der Waals surface area contributed by atoms with Crippen molar-refractivity contribution in [1.29, 1.82) is 0 Å².